The average Bonchev–Trinajstić information content (AvgIpc) is 2.74. The Labute approximate surface area is 169 Å². The number of pyridine rings is 2. The first kappa shape index (κ1) is 19.4. The second kappa shape index (κ2) is 8.19. The summed E-state index contributed by atoms with van der Waals surface area (Å²) in [5.74, 6) is 0.132. The van der Waals surface area contributed by atoms with Gasteiger partial charge in [0.05, 0.1) is 6.04 Å². The van der Waals surface area contributed by atoms with Crippen LogP contribution in [-0.2, 0) is 4.79 Å². The van der Waals surface area contributed by atoms with Gasteiger partial charge in [-0.1, -0.05) is 19.1 Å². The van der Waals surface area contributed by atoms with Crippen molar-refractivity contribution < 1.29 is 9.59 Å². The number of hydrogen-bond acceptors (Lipinski definition) is 4. The van der Waals surface area contributed by atoms with Crippen LogP contribution in [0.3, 0.4) is 0 Å². The van der Waals surface area contributed by atoms with Crippen LogP contribution in [0.4, 0.5) is 0 Å². The van der Waals surface area contributed by atoms with Gasteiger partial charge in [-0.2, -0.15) is 0 Å². The standard InChI is InChI=1S/C22H26N4O3/c1-2-6-20(27)24-12-19-16-11-15(18-8-5-9-21(28)26(18)19)13-25(14-16)22(29)17-7-3-4-10-23-17/h3-5,7-10,15-16,19H,2,6,11-14H2,1H3,(H,24,27)/t15-,16+,19+/m1/s1. The first-order valence-electron chi connectivity index (χ1n) is 10.3. The van der Waals surface area contributed by atoms with Crippen molar-refractivity contribution in [2.24, 2.45) is 5.92 Å². The molecule has 29 heavy (non-hydrogen) atoms. The monoisotopic (exact) mass is 394 g/mol. The maximum Gasteiger partial charge on any atom is 0.272 e. The van der Waals surface area contributed by atoms with Crippen LogP contribution in [0.25, 0.3) is 0 Å². The van der Waals surface area contributed by atoms with Gasteiger partial charge in [0.1, 0.15) is 5.69 Å². The molecule has 0 aliphatic carbocycles. The summed E-state index contributed by atoms with van der Waals surface area (Å²) in [5, 5.41) is 2.99. The molecule has 1 fully saturated rings. The highest BCUT2D eigenvalue weighted by atomic mass is 16.2. The molecule has 1 saturated heterocycles. The third-order valence-electron chi connectivity index (χ3n) is 5.96. The molecule has 4 rings (SSSR count). The third-order valence-corrected chi connectivity index (χ3v) is 5.96. The molecule has 1 N–H and O–H groups in total. The summed E-state index contributed by atoms with van der Waals surface area (Å²) < 4.78 is 1.84. The molecule has 152 valence electrons. The van der Waals surface area contributed by atoms with Crippen LogP contribution in [0.1, 0.15) is 54.3 Å². The number of hydrogen-bond donors (Lipinski definition) is 1. The molecule has 2 aliphatic rings. The van der Waals surface area contributed by atoms with Gasteiger partial charge in [0.2, 0.25) is 5.91 Å². The molecular formula is C22H26N4O3. The second-order valence-corrected chi connectivity index (χ2v) is 7.90. The number of carbonyl (C=O) groups is 2. The van der Waals surface area contributed by atoms with Crippen molar-refractivity contribution in [2.75, 3.05) is 19.6 Å². The number of aromatic nitrogens is 2. The maximum atomic E-state index is 13.0. The molecule has 0 aromatic carbocycles. The lowest BCUT2D eigenvalue weighted by molar-refractivity contribution is -0.121. The highest BCUT2D eigenvalue weighted by Crippen LogP contribution is 2.41. The van der Waals surface area contributed by atoms with Crippen LogP contribution < -0.4 is 10.9 Å². The van der Waals surface area contributed by atoms with Gasteiger partial charge in [-0.15, -0.1) is 0 Å². The van der Waals surface area contributed by atoms with Gasteiger partial charge in [0.25, 0.3) is 11.5 Å². The average molecular weight is 394 g/mol. The van der Waals surface area contributed by atoms with Crippen LogP contribution in [-0.4, -0.2) is 45.9 Å². The second-order valence-electron chi connectivity index (χ2n) is 7.90. The Morgan fingerprint density at radius 2 is 2.03 bits per heavy atom. The van der Waals surface area contributed by atoms with Crippen LogP contribution in [0.15, 0.2) is 47.4 Å². The van der Waals surface area contributed by atoms with Crippen molar-refractivity contribution in [3.63, 3.8) is 0 Å². The van der Waals surface area contributed by atoms with Gasteiger partial charge in [0.15, 0.2) is 0 Å². The van der Waals surface area contributed by atoms with E-state index in [0.717, 1.165) is 18.5 Å². The number of rotatable bonds is 5. The van der Waals surface area contributed by atoms with E-state index in [1.807, 2.05) is 28.5 Å². The van der Waals surface area contributed by atoms with E-state index in [9.17, 15) is 14.4 Å². The van der Waals surface area contributed by atoms with Crippen molar-refractivity contribution in [1.29, 1.82) is 0 Å². The molecule has 3 atom stereocenters. The minimum Gasteiger partial charge on any atom is -0.354 e. The zero-order chi connectivity index (χ0) is 20.4. The molecule has 0 saturated carbocycles. The molecule has 0 radical (unpaired) electrons. The molecule has 0 unspecified atom stereocenters. The van der Waals surface area contributed by atoms with Crippen molar-refractivity contribution >= 4 is 11.8 Å². The summed E-state index contributed by atoms with van der Waals surface area (Å²) in [6.45, 7) is 3.50. The smallest absolute Gasteiger partial charge is 0.272 e. The lowest BCUT2D eigenvalue weighted by Gasteiger charge is -2.47. The Bertz CT molecular complexity index is 956. The van der Waals surface area contributed by atoms with Crippen molar-refractivity contribution in [1.82, 2.24) is 19.8 Å². The van der Waals surface area contributed by atoms with Gasteiger partial charge in [-0.3, -0.25) is 19.4 Å². The van der Waals surface area contributed by atoms with E-state index in [-0.39, 0.29) is 35.3 Å². The first-order valence-corrected chi connectivity index (χ1v) is 10.3. The summed E-state index contributed by atoms with van der Waals surface area (Å²) in [6.07, 6.45) is 3.79. The van der Waals surface area contributed by atoms with E-state index >= 15 is 0 Å². The maximum absolute atomic E-state index is 13.0. The minimum absolute atomic E-state index is 0.00242. The zero-order valence-corrected chi connectivity index (χ0v) is 16.6. The summed E-state index contributed by atoms with van der Waals surface area (Å²) in [6, 6.07) is 10.5. The van der Waals surface area contributed by atoms with E-state index in [1.54, 1.807) is 30.5 Å². The predicted molar refractivity (Wildman–Crippen MR) is 109 cm³/mol. The molecule has 2 amide bonds. The van der Waals surface area contributed by atoms with Crippen molar-refractivity contribution in [3.8, 4) is 0 Å². The van der Waals surface area contributed by atoms with Gasteiger partial charge in [0, 0.05) is 49.9 Å². The van der Waals surface area contributed by atoms with Crippen molar-refractivity contribution in [2.45, 2.75) is 38.1 Å². The molecule has 4 heterocycles. The zero-order valence-electron chi connectivity index (χ0n) is 16.6. The Morgan fingerprint density at radius 3 is 2.79 bits per heavy atom. The highest BCUT2D eigenvalue weighted by molar-refractivity contribution is 5.92. The van der Waals surface area contributed by atoms with Crippen LogP contribution in [0.5, 0.6) is 0 Å². The van der Waals surface area contributed by atoms with Crippen LogP contribution in [0, 0.1) is 5.92 Å². The summed E-state index contributed by atoms with van der Waals surface area (Å²) >= 11 is 0. The lowest BCUT2D eigenvalue weighted by atomic mass is 9.78. The lowest BCUT2D eigenvalue weighted by Crippen LogP contribution is -2.53. The van der Waals surface area contributed by atoms with E-state index in [4.69, 9.17) is 0 Å². The first-order chi connectivity index (χ1) is 14.1. The number of piperidine rings is 1. The Hall–Kier alpha value is -2.96. The van der Waals surface area contributed by atoms with E-state index in [1.165, 1.54) is 0 Å². The highest BCUT2D eigenvalue weighted by Gasteiger charge is 2.42. The number of fused-ring (bicyclic) bond motifs is 4. The summed E-state index contributed by atoms with van der Waals surface area (Å²) in [4.78, 5) is 43.8. The van der Waals surface area contributed by atoms with Gasteiger partial charge in [-0.05, 0) is 37.0 Å². The topological polar surface area (TPSA) is 84.3 Å². The molecule has 2 bridgehead atoms. The van der Waals surface area contributed by atoms with E-state index in [0.29, 0.717) is 31.7 Å². The third kappa shape index (κ3) is 3.81. The summed E-state index contributed by atoms with van der Waals surface area (Å²) in [5.41, 5.74) is 1.34. The molecular weight excluding hydrogens is 368 g/mol. The molecule has 2 aromatic rings. The summed E-state index contributed by atoms with van der Waals surface area (Å²) in [7, 11) is 0. The SMILES string of the molecule is CCCC(=O)NC[C@H]1[C@H]2C[C@H](CN(C(=O)c3ccccn3)C2)c2cccc(=O)n21. The molecule has 2 aliphatic heterocycles. The largest absolute Gasteiger partial charge is 0.354 e. The number of amides is 2. The molecule has 7 nitrogen and oxygen atoms in total. The Morgan fingerprint density at radius 1 is 1.17 bits per heavy atom. The molecule has 7 heteroatoms. The number of nitrogens with one attached hydrogen (secondary N) is 1. The number of likely N-dealkylation sites (tertiary alicyclic amines) is 1. The predicted octanol–water partition coefficient (Wildman–Crippen LogP) is 1.96. The minimum atomic E-state index is -0.157. The van der Waals surface area contributed by atoms with Gasteiger partial charge < -0.3 is 14.8 Å². The normalized spacial score (nSPS) is 22.7. The van der Waals surface area contributed by atoms with E-state index < -0.39 is 0 Å². The molecule has 0 spiro atoms. The fourth-order valence-electron chi connectivity index (χ4n) is 4.66. The quantitative estimate of drug-likeness (QED) is 0.840. The van der Waals surface area contributed by atoms with Gasteiger partial charge >= 0.3 is 0 Å². The van der Waals surface area contributed by atoms with Gasteiger partial charge in [-0.25, -0.2) is 0 Å². The fraction of sp³-hybridized carbons (Fsp3) is 0.455. The Balaban J connectivity index is 1.63. The van der Waals surface area contributed by atoms with Crippen LogP contribution >= 0.6 is 0 Å². The van der Waals surface area contributed by atoms with Crippen molar-refractivity contribution in [3.05, 3.63) is 64.3 Å². The molecule has 2 aromatic heterocycles. The van der Waals surface area contributed by atoms with E-state index in [2.05, 4.69) is 10.3 Å². The fourth-order valence-corrected chi connectivity index (χ4v) is 4.66. The number of carbonyl (C=O) groups excluding carboxylic acids is 2. The van der Waals surface area contributed by atoms with Crippen LogP contribution in [0.2, 0.25) is 0 Å². The number of nitrogens with zero attached hydrogens (tertiary/aromatic N) is 3. The Kier molecular flexibility index (Phi) is 5.47.